The maximum Gasteiger partial charge on any atom is 0.233 e. The molecule has 1 fully saturated rings. The van der Waals surface area contributed by atoms with Gasteiger partial charge in [0.05, 0.1) is 22.5 Å². The molecule has 0 aromatic carbocycles. The second kappa shape index (κ2) is 6.48. The van der Waals surface area contributed by atoms with E-state index in [0.29, 0.717) is 12.8 Å². The fraction of sp³-hybridized carbons (Fsp3) is 0.846. The second-order valence-corrected chi connectivity index (χ2v) is 5.38. The monoisotopic (exact) mass is 272 g/mol. The van der Waals surface area contributed by atoms with Gasteiger partial charge in [0.2, 0.25) is 5.91 Å². The van der Waals surface area contributed by atoms with E-state index in [2.05, 4.69) is 5.32 Å². The van der Waals surface area contributed by atoms with Crippen LogP contribution >= 0.6 is 12.2 Å². The zero-order valence-electron chi connectivity index (χ0n) is 11.5. The molecule has 18 heavy (non-hydrogen) atoms. The molecule has 5 heteroatoms. The van der Waals surface area contributed by atoms with E-state index in [1.54, 1.807) is 7.11 Å². The van der Waals surface area contributed by atoms with Crippen molar-refractivity contribution in [3.63, 3.8) is 0 Å². The molecule has 0 aromatic heterocycles. The van der Waals surface area contributed by atoms with Crippen molar-refractivity contribution >= 4 is 23.1 Å². The van der Waals surface area contributed by atoms with Crippen LogP contribution in [0.4, 0.5) is 0 Å². The molecule has 0 radical (unpaired) electrons. The van der Waals surface area contributed by atoms with Crippen LogP contribution in [0.3, 0.4) is 0 Å². The van der Waals surface area contributed by atoms with Crippen LogP contribution in [0.25, 0.3) is 0 Å². The molecule has 0 saturated heterocycles. The number of hydrogen-bond donors (Lipinski definition) is 2. The van der Waals surface area contributed by atoms with Gasteiger partial charge in [-0.2, -0.15) is 0 Å². The molecule has 1 saturated carbocycles. The minimum absolute atomic E-state index is 0.0473. The molecule has 3 N–H and O–H groups in total. The molecule has 1 aliphatic rings. The summed E-state index contributed by atoms with van der Waals surface area (Å²) in [5, 5.41) is 3.07. The van der Waals surface area contributed by atoms with Gasteiger partial charge < -0.3 is 15.8 Å². The zero-order valence-corrected chi connectivity index (χ0v) is 12.3. The van der Waals surface area contributed by atoms with Crippen LogP contribution in [0.1, 0.15) is 46.0 Å². The molecule has 1 rings (SSSR count). The van der Waals surface area contributed by atoms with Crippen molar-refractivity contribution in [2.24, 2.45) is 11.1 Å². The summed E-state index contributed by atoms with van der Waals surface area (Å²) in [5.41, 5.74) is 5.06. The highest BCUT2D eigenvalue weighted by Crippen LogP contribution is 2.29. The molecule has 0 aliphatic heterocycles. The summed E-state index contributed by atoms with van der Waals surface area (Å²) in [5.74, 6) is -0.0473. The summed E-state index contributed by atoms with van der Waals surface area (Å²) in [7, 11) is 1.69. The van der Waals surface area contributed by atoms with E-state index in [1.807, 2.05) is 13.8 Å². The van der Waals surface area contributed by atoms with E-state index in [9.17, 15) is 4.79 Å². The van der Waals surface area contributed by atoms with E-state index in [-0.39, 0.29) is 23.0 Å². The van der Waals surface area contributed by atoms with Crippen LogP contribution in [0.2, 0.25) is 0 Å². The second-order valence-electron chi connectivity index (χ2n) is 4.94. The molecule has 4 nitrogen and oxygen atoms in total. The Balaban J connectivity index is 2.76. The van der Waals surface area contributed by atoms with Crippen LogP contribution < -0.4 is 11.1 Å². The van der Waals surface area contributed by atoms with Gasteiger partial charge >= 0.3 is 0 Å². The Morgan fingerprint density at radius 1 is 1.44 bits per heavy atom. The number of ether oxygens (including phenoxy) is 1. The van der Waals surface area contributed by atoms with E-state index in [0.717, 1.165) is 19.3 Å². The SMILES string of the molecule is CCC(CC)(C(=O)NC1CCCC1OC)C(N)=S. The van der Waals surface area contributed by atoms with E-state index in [4.69, 9.17) is 22.7 Å². The van der Waals surface area contributed by atoms with Crippen LogP contribution in [0, 0.1) is 5.41 Å². The Kier molecular flexibility index (Phi) is 5.53. The van der Waals surface area contributed by atoms with E-state index < -0.39 is 5.41 Å². The molecule has 1 aliphatic carbocycles. The summed E-state index contributed by atoms with van der Waals surface area (Å²) in [6, 6.07) is 0.0920. The van der Waals surface area contributed by atoms with Gasteiger partial charge in [-0.05, 0) is 32.1 Å². The quantitative estimate of drug-likeness (QED) is 0.723. The number of methoxy groups -OCH3 is 1. The average molecular weight is 272 g/mol. The summed E-state index contributed by atoms with van der Waals surface area (Å²) in [6.07, 6.45) is 4.43. The van der Waals surface area contributed by atoms with Crippen molar-refractivity contribution in [1.29, 1.82) is 0 Å². The normalized spacial score (nSPS) is 23.9. The van der Waals surface area contributed by atoms with Crippen molar-refractivity contribution in [2.75, 3.05) is 7.11 Å². The molecule has 104 valence electrons. The van der Waals surface area contributed by atoms with Gasteiger partial charge in [0, 0.05) is 7.11 Å². The number of hydrogen-bond acceptors (Lipinski definition) is 3. The van der Waals surface area contributed by atoms with Crippen molar-refractivity contribution in [3.05, 3.63) is 0 Å². The summed E-state index contributed by atoms with van der Waals surface area (Å²) in [6.45, 7) is 3.90. The summed E-state index contributed by atoms with van der Waals surface area (Å²) < 4.78 is 5.39. The van der Waals surface area contributed by atoms with Crippen LogP contribution in [0.5, 0.6) is 0 Å². The van der Waals surface area contributed by atoms with Crippen LogP contribution in [0.15, 0.2) is 0 Å². The Bertz CT molecular complexity index is 316. The Hall–Kier alpha value is -0.680. The minimum Gasteiger partial charge on any atom is -0.392 e. The number of carbonyl (C=O) groups excluding carboxylic acids is 1. The summed E-state index contributed by atoms with van der Waals surface area (Å²) in [4.78, 5) is 12.7. The van der Waals surface area contributed by atoms with Crippen LogP contribution in [-0.4, -0.2) is 30.2 Å². The van der Waals surface area contributed by atoms with Crippen molar-refractivity contribution in [1.82, 2.24) is 5.32 Å². The summed E-state index contributed by atoms with van der Waals surface area (Å²) >= 11 is 5.09. The maximum absolute atomic E-state index is 12.5. The van der Waals surface area contributed by atoms with Crippen molar-refractivity contribution in [2.45, 2.75) is 58.1 Å². The first-order valence-corrected chi connectivity index (χ1v) is 7.06. The minimum atomic E-state index is -0.712. The van der Waals surface area contributed by atoms with Crippen molar-refractivity contribution < 1.29 is 9.53 Å². The largest absolute Gasteiger partial charge is 0.392 e. The van der Waals surface area contributed by atoms with E-state index >= 15 is 0 Å². The highest BCUT2D eigenvalue weighted by molar-refractivity contribution is 7.80. The van der Waals surface area contributed by atoms with Gasteiger partial charge in [0.15, 0.2) is 0 Å². The molecule has 0 bridgehead atoms. The molecule has 2 unspecified atom stereocenters. The lowest BCUT2D eigenvalue weighted by atomic mass is 9.81. The third-order valence-electron chi connectivity index (χ3n) is 4.19. The fourth-order valence-electron chi connectivity index (χ4n) is 2.71. The average Bonchev–Trinajstić information content (AvgIpc) is 2.78. The van der Waals surface area contributed by atoms with Gasteiger partial charge in [-0.3, -0.25) is 4.79 Å². The lowest BCUT2D eigenvalue weighted by Crippen LogP contribution is -2.52. The molecular weight excluding hydrogens is 248 g/mol. The first-order valence-electron chi connectivity index (χ1n) is 6.65. The molecule has 2 atom stereocenters. The number of nitrogens with two attached hydrogens (primary N) is 1. The standard InChI is InChI=1S/C13H24N2O2S/c1-4-13(5-2,11(14)18)12(16)15-9-7-6-8-10(9)17-3/h9-10H,4-8H2,1-3H3,(H2,14,18)(H,15,16). The predicted molar refractivity (Wildman–Crippen MR) is 76.4 cm³/mol. The molecule has 0 heterocycles. The number of thiocarbonyl (C=S) groups is 1. The van der Waals surface area contributed by atoms with E-state index in [1.165, 1.54) is 0 Å². The topological polar surface area (TPSA) is 64.3 Å². The molecular formula is C13H24N2O2S. The number of carbonyl (C=O) groups is 1. The lowest BCUT2D eigenvalue weighted by Gasteiger charge is -2.31. The third-order valence-corrected chi connectivity index (χ3v) is 4.58. The first kappa shape index (κ1) is 15.4. The van der Waals surface area contributed by atoms with Gasteiger partial charge in [-0.1, -0.05) is 26.1 Å². The number of nitrogens with one attached hydrogen (secondary N) is 1. The smallest absolute Gasteiger partial charge is 0.233 e. The fourth-order valence-corrected chi connectivity index (χ4v) is 3.09. The molecule has 0 spiro atoms. The molecule has 0 aromatic rings. The maximum atomic E-state index is 12.5. The van der Waals surface area contributed by atoms with Gasteiger partial charge in [-0.15, -0.1) is 0 Å². The first-order chi connectivity index (χ1) is 8.51. The van der Waals surface area contributed by atoms with Gasteiger partial charge in [0.25, 0.3) is 0 Å². The third kappa shape index (κ3) is 2.83. The number of amides is 1. The van der Waals surface area contributed by atoms with Crippen LogP contribution in [-0.2, 0) is 9.53 Å². The highest BCUT2D eigenvalue weighted by atomic mass is 32.1. The molecule has 1 amide bonds. The van der Waals surface area contributed by atoms with Gasteiger partial charge in [-0.25, -0.2) is 0 Å². The highest BCUT2D eigenvalue weighted by Gasteiger charge is 2.40. The Morgan fingerprint density at radius 3 is 2.50 bits per heavy atom. The zero-order chi connectivity index (χ0) is 13.8. The number of rotatable bonds is 6. The Morgan fingerprint density at radius 2 is 2.06 bits per heavy atom. The van der Waals surface area contributed by atoms with Gasteiger partial charge in [0.1, 0.15) is 0 Å². The predicted octanol–water partition coefficient (Wildman–Crippen LogP) is 1.76. The lowest BCUT2D eigenvalue weighted by molar-refractivity contribution is -0.129. The van der Waals surface area contributed by atoms with Crippen molar-refractivity contribution in [3.8, 4) is 0 Å². The Labute approximate surface area is 115 Å².